The minimum Gasteiger partial charge on any atom is -0.457 e. The zero-order chi connectivity index (χ0) is 13.5. The zero-order valence-corrected chi connectivity index (χ0v) is 11.8. The van der Waals surface area contributed by atoms with E-state index in [4.69, 9.17) is 4.74 Å². The van der Waals surface area contributed by atoms with Gasteiger partial charge < -0.3 is 4.74 Å². The van der Waals surface area contributed by atoms with Gasteiger partial charge in [-0.1, -0.05) is 50.6 Å². The van der Waals surface area contributed by atoms with Crippen molar-refractivity contribution in [3.8, 4) is 11.5 Å². The molecule has 0 spiro atoms. The van der Waals surface area contributed by atoms with E-state index < -0.39 is 0 Å². The first kappa shape index (κ1) is 13.7. The van der Waals surface area contributed by atoms with E-state index in [9.17, 15) is 0 Å². The third-order valence-corrected chi connectivity index (χ3v) is 3.46. The van der Waals surface area contributed by atoms with E-state index in [1.165, 1.54) is 24.8 Å². The summed E-state index contributed by atoms with van der Waals surface area (Å²) in [7, 11) is 0. The highest BCUT2D eigenvalue weighted by Gasteiger charge is 2.08. The first-order chi connectivity index (χ1) is 9.33. The summed E-state index contributed by atoms with van der Waals surface area (Å²) in [5.41, 5.74) is 1.42. The van der Waals surface area contributed by atoms with Gasteiger partial charge in [-0.2, -0.15) is 0 Å². The summed E-state index contributed by atoms with van der Waals surface area (Å²) in [6.45, 7) is 4.50. The molecule has 0 aliphatic rings. The van der Waals surface area contributed by atoms with Crippen LogP contribution in [0, 0.1) is 0 Å². The van der Waals surface area contributed by atoms with Crippen LogP contribution in [0.1, 0.15) is 44.6 Å². The van der Waals surface area contributed by atoms with Crippen LogP contribution >= 0.6 is 0 Å². The Kier molecular flexibility index (Phi) is 5.02. The molecule has 100 valence electrons. The number of ether oxygens (including phenoxy) is 1. The van der Waals surface area contributed by atoms with Crippen LogP contribution in [0.15, 0.2) is 54.6 Å². The number of benzene rings is 2. The second-order valence-electron chi connectivity index (χ2n) is 4.88. The van der Waals surface area contributed by atoms with Gasteiger partial charge in [-0.25, -0.2) is 0 Å². The van der Waals surface area contributed by atoms with Gasteiger partial charge in [0.2, 0.25) is 0 Å². The third kappa shape index (κ3) is 3.85. The Morgan fingerprint density at radius 2 is 1.47 bits per heavy atom. The van der Waals surface area contributed by atoms with Crippen molar-refractivity contribution in [1.82, 2.24) is 0 Å². The van der Waals surface area contributed by atoms with E-state index in [1.54, 1.807) is 0 Å². The summed E-state index contributed by atoms with van der Waals surface area (Å²) in [5.74, 6) is 2.47. The molecule has 1 atom stereocenters. The maximum absolute atomic E-state index is 5.81. The Hall–Kier alpha value is -1.76. The molecule has 2 rings (SSSR count). The van der Waals surface area contributed by atoms with Crippen LogP contribution in [0.4, 0.5) is 0 Å². The predicted molar refractivity (Wildman–Crippen MR) is 80.9 cm³/mol. The van der Waals surface area contributed by atoms with Crippen molar-refractivity contribution in [3.05, 3.63) is 60.2 Å². The highest BCUT2D eigenvalue weighted by atomic mass is 16.5. The van der Waals surface area contributed by atoms with Crippen molar-refractivity contribution in [3.63, 3.8) is 0 Å². The Balaban J connectivity index is 2.06. The number of para-hydroxylation sites is 1. The largest absolute Gasteiger partial charge is 0.457 e. The summed E-state index contributed by atoms with van der Waals surface area (Å²) in [6, 6.07) is 18.4. The molecule has 0 amide bonds. The molecule has 0 radical (unpaired) electrons. The quantitative estimate of drug-likeness (QED) is 0.635. The third-order valence-electron chi connectivity index (χ3n) is 3.46. The number of hydrogen-bond donors (Lipinski definition) is 0. The molecular formula is C18H22O. The van der Waals surface area contributed by atoms with E-state index in [2.05, 4.69) is 38.1 Å². The van der Waals surface area contributed by atoms with Gasteiger partial charge in [0.15, 0.2) is 0 Å². The normalized spacial score (nSPS) is 12.1. The maximum atomic E-state index is 5.81. The van der Waals surface area contributed by atoms with Gasteiger partial charge >= 0.3 is 0 Å². The summed E-state index contributed by atoms with van der Waals surface area (Å²) >= 11 is 0. The van der Waals surface area contributed by atoms with E-state index in [-0.39, 0.29) is 0 Å². The van der Waals surface area contributed by atoms with Gasteiger partial charge in [-0.3, -0.25) is 0 Å². The summed E-state index contributed by atoms with van der Waals surface area (Å²) in [5, 5.41) is 0. The fourth-order valence-corrected chi connectivity index (χ4v) is 2.39. The molecule has 2 aromatic rings. The van der Waals surface area contributed by atoms with Gasteiger partial charge in [0.25, 0.3) is 0 Å². The van der Waals surface area contributed by atoms with Crippen LogP contribution in [-0.2, 0) is 0 Å². The molecule has 0 aliphatic carbocycles. The van der Waals surface area contributed by atoms with Gasteiger partial charge in [-0.15, -0.1) is 0 Å². The Bertz CT molecular complexity index is 473. The highest BCUT2D eigenvalue weighted by Crippen LogP contribution is 2.28. The molecule has 0 fully saturated rings. The molecule has 1 heteroatoms. The van der Waals surface area contributed by atoms with Gasteiger partial charge in [0.05, 0.1) is 0 Å². The average Bonchev–Trinajstić information content (AvgIpc) is 2.47. The fraction of sp³-hybridized carbons (Fsp3) is 0.333. The fourth-order valence-electron chi connectivity index (χ4n) is 2.39. The van der Waals surface area contributed by atoms with Crippen molar-refractivity contribution in [2.75, 3.05) is 0 Å². The monoisotopic (exact) mass is 254 g/mol. The second-order valence-corrected chi connectivity index (χ2v) is 4.88. The Labute approximate surface area is 116 Å². The number of rotatable bonds is 6. The smallest absolute Gasteiger partial charge is 0.127 e. The lowest BCUT2D eigenvalue weighted by Gasteiger charge is -2.14. The molecule has 1 unspecified atom stereocenters. The summed E-state index contributed by atoms with van der Waals surface area (Å²) in [4.78, 5) is 0. The lowest BCUT2D eigenvalue weighted by Crippen LogP contribution is -1.96. The minimum absolute atomic E-state index is 0.677. The Morgan fingerprint density at radius 1 is 0.842 bits per heavy atom. The van der Waals surface area contributed by atoms with Crippen molar-refractivity contribution in [1.29, 1.82) is 0 Å². The summed E-state index contributed by atoms with van der Waals surface area (Å²) in [6.07, 6.45) is 3.70. The molecule has 19 heavy (non-hydrogen) atoms. The van der Waals surface area contributed by atoms with E-state index in [1.807, 2.05) is 30.3 Å². The average molecular weight is 254 g/mol. The van der Waals surface area contributed by atoms with Crippen LogP contribution in [0.5, 0.6) is 11.5 Å². The van der Waals surface area contributed by atoms with Gasteiger partial charge in [0.1, 0.15) is 11.5 Å². The second kappa shape index (κ2) is 6.98. The predicted octanol–water partition coefficient (Wildman–Crippen LogP) is 5.77. The van der Waals surface area contributed by atoms with Crippen molar-refractivity contribution in [2.45, 2.75) is 39.0 Å². The molecule has 0 saturated heterocycles. The SMILES string of the molecule is CCCC(CC)c1ccc(Oc2ccccc2)cc1. The maximum Gasteiger partial charge on any atom is 0.127 e. The minimum atomic E-state index is 0.677. The lowest BCUT2D eigenvalue weighted by atomic mass is 9.92. The molecule has 1 nitrogen and oxygen atoms in total. The highest BCUT2D eigenvalue weighted by molar-refractivity contribution is 5.34. The molecular weight excluding hydrogens is 232 g/mol. The molecule has 0 saturated carbocycles. The molecule has 0 heterocycles. The Morgan fingerprint density at radius 3 is 2.05 bits per heavy atom. The van der Waals surface area contributed by atoms with E-state index >= 15 is 0 Å². The molecule has 0 N–H and O–H groups in total. The molecule has 0 bridgehead atoms. The van der Waals surface area contributed by atoms with Crippen LogP contribution in [-0.4, -0.2) is 0 Å². The van der Waals surface area contributed by atoms with Crippen LogP contribution in [0.2, 0.25) is 0 Å². The summed E-state index contributed by atoms with van der Waals surface area (Å²) < 4.78 is 5.81. The molecule has 0 aromatic heterocycles. The van der Waals surface area contributed by atoms with Crippen LogP contribution in [0.25, 0.3) is 0 Å². The standard InChI is InChI=1S/C18H22O/c1-3-8-15(4-2)16-11-13-18(14-12-16)19-17-9-6-5-7-10-17/h5-7,9-15H,3-4,8H2,1-2H3. The van der Waals surface area contributed by atoms with Gasteiger partial charge in [0, 0.05) is 0 Å². The first-order valence-electron chi connectivity index (χ1n) is 7.16. The van der Waals surface area contributed by atoms with E-state index in [0.717, 1.165) is 11.5 Å². The van der Waals surface area contributed by atoms with Crippen LogP contribution in [0.3, 0.4) is 0 Å². The van der Waals surface area contributed by atoms with E-state index in [0.29, 0.717) is 5.92 Å². The number of hydrogen-bond acceptors (Lipinski definition) is 1. The topological polar surface area (TPSA) is 9.23 Å². The van der Waals surface area contributed by atoms with Crippen LogP contribution < -0.4 is 4.74 Å². The molecule has 0 aliphatic heterocycles. The zero-order valence-electron chi connectivity index (χ0n) is 11.8. The first-order valence-corrected chi connectivity index (χ1v) is 7.16. The van der Waals surface area contributed by atoms with Crippen molar-refractivity contribution >= 4 is 0 Å². The van der Waals surface area contributed by atoms with Crippen molar-refractivity contribution in [2.24, 2.45) is 0 Å². The molecule has 2 aromatic carbocycles. The lowest BCUT2D eigenvalue weighted by molar-refractivity contribution is 0.482. The van der Waals surface area contributed by atoms with Gasteiger partial charge in [-0.05, 0) is 48.6 Å². The van der Waals surface area contributed by atoms with Crippen molar-refractivity contribution < 1.29 is 4.74 Å².